The number of hydrogen-bond donors (Lipinski definition) is 0. The maximum Gasteiger partial charge on any atom is 0.142 e. The van der Waals surface area contributed by atoms with Gasteiger partial charge in [0.2, 0.25) is 0 Å². The molecule has 1 aromatic heterocycles. The van der Waals surface area contributed by atoms with Gasteiger partial charge in [-0.15, -0.1) is 0 Å². The third-order valence-electron chi connectivity index (χ3n) is 2.84. The van der Waals surface area contributed by atoms with E-state index < -0.39 is 0 Å². The minimum Gasteiger partial charge on any atom is -0.384 e. The van der Waals surface area contributed by atoms with Gasteiger partial charge >= 0.3 is 0 Å². The summed E-state index contributed by atoms with van der Waals surface area (Å²) in [4.78, 5) is 8.68. The fourth-order valence-corrected chi connectivity index (χ4v) is 2.94. The van der Waals surface area contributed by atoms with E-state index in [9.17, 15) is 0 Å². The van der Waals surface area contributed by atoms with Crippen molar-refractivity contribution in [3.63, 3.8) is 0 Å². The quantitative estimate of drug-likeness (QED) is 0.708. The van der Waals surface area contributed by atoms with Gasteiger partial charge in [0, 0.05) is 23.1 Å². The normalized spacial score (nSPS) is 12.4. The van der Waals surface area contributed by atoms with Crippen molar-refractivity contribution in [3.8, 4) is 11.1 Å². The Morgan fingerprint density at radius 2 is 1.80 bits per heavy atom. The monoisotopic (exact) mass is 374 g/mol. The molecular weight excluding hydrogens is 363 g/mol. The Balaban J connectivity index is 2.50. The van der Waals surface area contributed by atoms with Crippen molar-refractivity contribution in [2.45, 2.75) is 12.8 Å². The van der Waals surface area contributed by atoms with Crippen LogP contribution in [-0.4, -0.2) is 23.7 Å². The lowest BCUT2D eigenvalue weighted by atomic mass is 10.1. The van der Waals surface area contributed by atoms with Gasteiger partial charge in [-0.3, -0.25) is 0 Å². The molecule has 1 atom stereocenters. The molecule has 0 aliphatic heterocycles. The zero-order valence-corrected chi connectivity index (χ0v) is 14.1. The SMILES string of the molecule is COCC(C)c1nc(Cl)c(-c2ccccc2Br)c(Cl)n1. The second-order valence-electron chi connectivity index (χ2n) is 4.37. The van der Waals surface area contributed by atoms with Crippen LogP contribution in [0.1, 0.15) is 18.7 Å². The molecule has 20 heavy (non-hydrogen) atoms. The highest BCUT2D eigenvalue weighted by Gasteiger charge is 2.18. The number of nitrogens with zero attached hydrogens (tertiary/aromatic N) is 2. The average molecular weight is 376 g/mol. The highest BCUT2D eigenvalue weighted by atomic mass is 79.9. The number of methoxy groups -OCH3 is 1. The largest absolute Gasteiger partial charge is 0.384 e. The van der Waals surface area contributed by atoms with Gasteiger partial charge in [-0.1, -0.05) is 64.3 Å². The molecule has 6 heteroatoms. The average Bonchev–Trinajstić information content (AvgIpc) is 2.40. The number of aromatic nitrogens is 2. The van der Waals surface area contributed by atoms with Crippen LogP contribution in [-0.2, 0) is 4.74 Å². The van der Waals surface area contributed by atoms with Crippen LogP contribution in [0.3, 0.4) is 0 Å². The summed E-state index contributed by atoms with van der Waals surface area (Å²) in [5.74, 6) is 0.612. The van der Waals surface area contributed by atoms with Gasteiger partial charge < -0.3 is 4.74 Å². The van der Waals surface area contributed by atoms with Crippen molar-refractivity contribution in [3.05, 3.63) is 44.9 Å². The fraction of sp³-hybridized carbons (Fsp3) is 0.286. The lowest BCUT2D eigenvalue weighted by molar-refractivity contribution is 0.181. The smallest absolute Gasteiger partial charge is 0.142 e. The summed E-state index contributed by atoms with van der Waals surface area (Å²) >= 11 is 16.1. The first kappa shape index (κ1) is 15.7. The molecule has 0 amide bonds. The standard InChI is InChI=1S/C14H13BrCl2N2O/c1-8(7-20-2)14-18-12(16)11(13(17)19-14)9-5-3-4-6-10(9)15/h3-6,8H,7H2,1-2H3. The van der Waals surface area contributed by atoms with Crippen molar-refractivity contribution >= 4 is 39.1 Å². The third-order valence-corrected chi connectivity index (χ3v) is 4.08. The fourth-order valence-electron chi connectivity index (χ4n) is 1.85. The minimum absolute atomic E-state index is 0.0308. The van der Waals surface area contributed by atoms with E-state index in [2.05, 4.69) is 25.9 Å². The molecule has 0 spiro atoms. The van der Waals surface area contributed by atoms with E-state index in [-0.39, 0.29) is 5.92 Å². The first-order valence-electron chi connectivity index (χ1n) is 6.01. The molecule has 0 saturated heterocycles. The van der Waals surface area contributed by atoms with Crippen LogP contribution in [0.5, 0.6) is 0 Å². The molecule has 3 nitrogen and oxygen atoms in total. The molecule has 1 aromatic carbocycles. The van der Waals surface area contributed by atoms with Crippen LogP contribution < -0.4 is 0 Å². The Labute approximate surface area is 136 Å². The zero-order valence-electron chi connectivity index (χ0n) is 11.0. The van der Waals surface area contributed by atoms with Crippen molar-refractivity contribution in [2.24, 2.45) is 0 Å². The van der Waals surface area contributed by atoms with E-state index in [1.807, 2.05) is 31.2 Å². The Bertz CT molecular complexity index is 599. The van der Waals surface area contributed by atoms with Crippen LogP contribution in [0, 0.1) is 0 Å². The highest BCUT2D eigenvalue weighted by molar-refractivity contribution is 9.10. The zero-order chi connectivity index (χ0) is 14.7. The van der Waals surface area contributed by atoms with Gasteiger partial charge in [-0.2, -0.15) is 0 Å². The number of halogens is 3. The first-order valence-corrected chi connectivity index (χ1v) is 7.56. The molecule has 0 fully saturated rings. The predicted octanol–water partition coefficient (Wildman–Crippen LogP) is 4.96. The van der Waals surface area contributed by atoms with Crippen molar-refractivity contribution in [1.82, 2.24) is 9.97 Å². The van der Waals surface area contributed by atoms with Gasteiger partial charge in [0.05, 0.1) is 12.2 Å². The lowest BCUT2D eigenvalue weighted by Crippen LogP contribution is -2.08. The van der Waals surface area contributed by atoms with E-state index in [1.165, 1.54) is 0 Å². The summed E-state index contributed by atoms with van der Waals surface area (Å²) in [6, 6.07) is 7.67. The summed E-state index contributed by atoms with van der Waals surface area (Å²) in [6.45, 7) is 2.48. The van der Waals surface area contributed by atoms with Gasteiger partial charge in [0.1, 0.15) is 16.1 Å². The lowest BCUT2D eigenvalue weighted by Gasteiger charge is -2.13. The van der Waals surface area contributed by atoms with Gasteiger partial charge in [0.15, 0.2) is 0 Å². The summed E-state index contributed by atoms with van der Waals surface area (Å²) in [5.41, 5.74) is 1.50. The Morgan fingerprint density at radius 1 is 1.20 bits per heavy atom. The Kier molecular flexibility index (Phi) is 5.38. The molecule has 1 unspecified atom stereocenters. The van der Waals surface area contributed by atoms with Crippen LogP contribution in [0.25, 0.3) is 11.1 Å². The van der Waals surface area contributed by atoms with E-state index in [0.29, 0.717) is 28.3 Å². The number of hydrogen-bond acceptors (Lipinski definition) is 3. The molecule has 2 aromatic rings. The molecule has 106 valence electrons. The topological polar surface area (TPSA) is 35.0 Å². The van der Waals surface area contributed by atoms with E-state index in [0.717, 1.165) is 10.0 Å². The third kappa shape index (κ3) is 3.31. The molecule has 0 aliphatic rings. The molecule has 1 heterocycles. The molecular formula is C14H13BrCl2N2O. The second kappa shape index (κ2) is 6.85. The molecule has 0 radical (unpaired) electrons. The van der Waals surface area contributed by atoms with E-state index in [1.54, 1.807) is 7.11 Å². The maximum absolute atomic E-state index is 6.29. The van der Waals surface area contributed by atoms with Crippen LogP contribution in [0.2, 0.25) is 10.3 Å². The summed E-state index contributed by atoms with van der Waals surface area (Å²) in [5, 5.41) is 0.685. The summed E-state index contributed by atoms with van der Waals surface area (Å²) < 4.78 is 5.99. The van der Waals surface area contributed by atoms with Gasteiger partial charge in [-0.05, 0) is 6.07 Å². The summed E-state index contributed by atoms with van der Waals surface area (Å²) in [7, 11) is 1.63. The molecule has 0 saturated carbocycles. The van der Waals surface area contributed by atoms with E-state index >= 15 is 0 Å². The van der Waals surface area contributed by atoms with Crippen molar-refractivity contribution < 1.29 is 4.74 Å². The highest BCUT2D eigenvalue weighted by Crippen LogP contribution is 2.37. The number of benzene rings is 1. The van der Waals surface area contributed by atoms with Crippen LogP contribution in [0.15, 0.2) is 28.7 Å². The molecule has 2 rings (SSSR count). The van der Waals surface area contributed by atoms with Gasteiger partial charge in [-0.25, -0.2) is 9.97 Å². The Morgan fingerprint density at radius 3 is 2.35 bits per heavy atom. The molecule has 0 N–H and O–H groups in total. The van der Waals surface area contributed by atoms with Crippen molar-refractivity contribution in [2.75, 3.05) is 13.7 Å². The van der Waals surface area contributed by atoms with Gasteiger partial charge in [0.25, 0.3) is 0 Å². The maximum atomic E-state index is 6.29. The Hall–Kier alpha value is -0.680. The van der Waals surface area contributed by atoms with Crippen LogP contribution in [0.4, 0.5) is 0 Å². The number of ether oxygens (including phenoxy) is 1. The van der Waals surface area contributed by atoms with Crippen molar-refractivity contribution in [1.29, 1.82) is 0 Å². The predicted molar refractivity (Wildman–Crippen MR) is 85.5 cm³/mol. The molecule has 0 aliphatic carbocycles. The minimum atomic E-state index is 0.0308. The van der Waals surface area contributed by atoms with Crippen LogP contribution >= 0.6 is 39.1 Å². The number of rotatable bonds is 4. The van der Waals surface area contributed by atoms with E-state index in [4.69, 9.17) is 27.9 Å². The molecule has 0 bridgehead atoms. The first-order chi connectivity index (χ1) is 9.54. The summed E-state index contributed by atoms with van der Waals surface area (Å²) in [6.07, 6.45) is 0. The second-order valence-corrected chi connectivity index (χ2v) is 5.95.